The molecule has 0 bridgehead atoms. The summed E-state index contributed by atoms with van der Waals surface area (Å²) in [5.74, 6) is 1.32. The summed E-state index contributed by atoms with van der Waals surface area (Å²) in [5.41, 5.74) is 0.568. The van der Waals surface area contributed by atoms with E-state index in [4.69, 9.17) is 4.74 Å². The molecule has 0 unspecified atom stereocenters. The van der Waals surface area contributed by atoms with Gasteiger partial charge in [-0.1, -0.05) is 0 Å². The quantitative estimate of drug-likeness (QED) is 0.621. The zero-order valence-electron chi connectivity index (χ0n) is 15.6. The Morgan fingerprint density at radius 3 is 2.26 bits per heavy atom. The van der Waals surface area contributed by atoms with E-state index < -0.39 is 10.0 Å². The van der Waals surface area contributed by atoms with Gasteiger partial charge in [0, 0.05) is 28.8 Å². The van der Waals surface area contributed by atoms with Crippen LogP contribution in [0.25, 0.3) is 0 Å². The largest absolute Gasteiger partial charge is 0.497 e. The number of benzene rings is 2. The number of hydrogen-bond acceptors (Lipinski definition) is 5. The molecule has 1 amide bonds. The van der Waals surface area contributed by atoms with Crippen molar-refractivity contribution in [3.8, 4) is 5.75 Å². The van der Waals surface area contributed by atoms with Gasteiger partial charge < -0.3 is 10.1 Å². The summed E-state index contributed by atoms with van der Waals surface area (Å²) in [4.78, 5) is 13.3. The van der Waals surface area contributed by atoms with Crippen LogP contribution in [0.1, 0.15) is 20.3 Å². The van der Waals surface area contributed by atoms with E-state index in [0.29, 0.717) is 17.9 Å². The number of sulfonamides is 1. The van der Waals surface area contributed by atoms with Crippen LogP contribution in [0.4, 0.5) is 5.69 Å². The van der Waals surface area contributed by atoms with Crippen LogP contribution in [-0.4, -0.2) is 33.2 Å². The summed E-state index contributed by atoms with van der Waals surface area (Å²) in [7, 11) is -1.91. The first-order valence-electron chi connectivity index (χ1n) is 8.49. The van der Waals surface area contributed by atoms with Crippen LogP contribution in [0.15, 0.2) is 58.3 Å². The van der Waals surface area contributed by atoms with E-state index in [0.717, 1.165) is 10.6 Å². The maximum atomic E-state index is 12.1. The maximum absolute atomic E-state index is 12.1. The fourth-order valence-electron chi connectivity index (χ4n) is 2.25. The molecule has 0 heterocycles. The zero-order chi connectivity index (χ0) is 19.9. The van der Waals surface area contributed by atoms with E-state index in [1.807, 2.05) is 24.3 Å². The molecular formula is C19H24N2O4S2. The van der Waals surface area contributed by atoms with E-state index >= 15 is 0 Å². The van der Waals surface area contributed by atoms with Gasteiger partial charge in [-0.15, -0.1) is 11.8 Å². The molecule has 146 valence electrons. The van der Waals surface area contributed by atoms with E-state index in [1.54, 1.807) is 44.9 Å². The van der Waals surface area contributed by atoms with Crippen molar-refractivity contribution in [1.29, 1.82) is 0 Å². The Kier molecular flexibility index (Phi) is 7.70. The van der Waals surface area contributed by atoms with Gasteiger partial charge in [0.1, 0.15) is 5.75 Å². The molecule has 6 nitrogen and oxygen atoms in total. The monoisotopic (exact) mass is 408 g/mol. The van der Waals surface area contributed by atoms with Crippen molar-refractivity contribution in [1.82, 2.24) is 4.72 Å². The third-order valence-electron chi connectivity index (χ3n) is 3.50. The highest BCUT2D eigenvalue weighted by Crippen LogP contribution is 2.22. The Morgan fingerprint density at radius 1 is 1.07 bits per heavy atom. The molecule has 0 saturated carbocycles. The molecular weight excluding hydrogens is 384 g/mol. The molecule has 8 heteroatoms. The van der Waals surface area contributed by atoms with Crippen LogP contribution in [0.5, 0.6) is 5.75 Å². The highest BCUT2D eigenvalue weighted by atomic mass is 32.2. The molecule has 0 radical (unpaired) electrons. The minimum atomic E-state index is -3.53. The Hall–Kier alpha value is -2.03. The van der Waals surface area contributed by atoms with E-state index in [2.05, 4.69) is 10.0 Å². The van der Waals surface area contributed by atoms with Gasteiger partial charge in [0.2, 0.25) is 15.9 Å². The normalized spacial score (nSPS) is 11.4. The number of anilines is 1. The SMILES string of the molecule is COc1ccc(SCCC(=O)Nc2ccc(S(=O)(=O)NC(C)C)cc2)cc1. The fourth-order valence-corrected chi connectivity index (χ4v) is 4.36. The van der Waals surface area contributed by atoms with Crippen molar-refractivity contribution in [2.75, 3.05) is 18.2 Å². The Morgan fingerprint density at radius 2 is 1.70 bits per heavy atom. The topological polar surface area (TPSA) is 84.5 Å². The van der Waals surface area contributed by atoms with Crippen LogP contribution in [-0.2, 0) is 14.8 Å². The summed E-state index contributed by atoms with van der Waals surface area (Å²) >= 11 is 1.59. The highest BCUT2D eigenvalue weighted by molar-refractivity contribution is 7.99. The lowest BCUT2D eigenvalue weighted by Gasteiger charge is -2.10. The Balaban J connectivity index is 1.83. The minimum absolute atomic E-state index is 0.119. The van der Waals surface area contributed by atoms with Crippen LogP contribution < -0.4 is 14.8 Å². The summed E-state index contributed by atoms with van der Waals surface area (Å²) in [5, 5.41) is 2.78. The second-order valence-corrected chi connectivity index (χ2v) is 9.00. The number of carbonyl (C=O) groups excluding carboxylic acids is 1. The van der Waals surface area contributed by atoms with Gasteiger partial charge in [-0.05, 0) is 62.4 Å². The summed E-state index contributed by atoms with van der Waals surface area (Å²) in [6.45, 7) is 3.52. The molecule has 0 fully saturated rings. The van der Waals surface area contributed by atoms with E-state index in [1.165, 1.54) is 12.1 Å². The summed E-state index contributed by atoms with van der Waals surface area (Å²) in [6, 6.07) is 13.6. The number of hydrogen-bond donors (Lipinski definition) is 2. The van der Waals surface area contributed by atoms with Crippen molar-refractivity contribution in [2.24, 2.45) is 0 Å². The van der Waals surface area contributed by atoms with Crippen LogP contribution in [0.2, 0.25) is 0 Å². The Bertz CT molecular complexity index is 848. The lowest BCUT2D eigenvalue weighted by molar-refractivity contribution is -0.115. The molecule has 0 spiro atoms. The third-order valence-corrected chi connectivity index (χ3v) is 6.18. The number of methoxy groups -OCH3 is 1. The van der Waals surface area contributed by atoms with Crippen LogP contribution in [0.3, 0.4) is 0 Å². The van der Waals surface area contributed by atoms with Crippen molar-refractivity contribution in [2.45, 2.75) is 36.1 Å². The first-order valence-corrected chi connectivity index (χ1v) is 11.0. The third kappa shape index (κ3) is 6.89. The number of amides is 1. The smallest absolute Gasteiger partial charge is 0.240 e. The van der Waals surface area contributed by atoms with Gasteiger partial charge in [0.15, 0.2) is 0 Å². The molecule has 0 saturated heterocycles. The first-order chi connectivity index (χ1) is 12.8. The second-order valence-electron chi connectivity index (χ2n) is 6.12. The molecule has 2 aromatic rings. The van der Waals surface area contributed by atoms with Gasteiger partial charge in [-0.3, -0.25) is 4.79 Å². The van der Waals surface area contributed by atoms with Crippen LogP contribution >= 0.6 is 11.8 Å². The molecule has 2 rings (SSSR count). The van der Waals surface area contributed by atoms with Crippen molar-refractivity contribution < 1.29 is 17.9 Å². The van der Waals surface area contributed by atoms with Gasteiger partial charge in [0.25, 0.3) is 0 Å². The first kappa shape index (κ1) is 21.3. The average Bonchev–Trinajstić information content (AvgIpc) is 2.61. The van der Waals surface area contributed by atoms with Crippen molar-refractivity contribution in [3.63, 3.8) is 0 Å². The molecule has 2 aromatic carbocycles. The molecule has 0 aromatic heterocycles. The lowest BCUT2D eigenvalue weighted by atomic mass is 10.3. The van der Waals surface area contributed by atoms with Crippen molar-refractivity contribution >= 4 is 33.4 Å². The number of carbonyl (C=O) groups is 1. The molecule has 0 atom stereocenters. The molecule has 2 N–H and O–H groups in total. The average molecular weight is 409 g/mol. The van der Waals surface area contributed by atoms with Crippen molar-refractivity contribution in [3.05, 3.63) is 48.5 Å². The Labute approximate surface area is 164 Å². The minimum Gasteiger partial charge on any atom is -0.497 e. The van der Waals surface area contributed by atoms with E-state index in [9.17, 15) is 13.2 Å². The number of nitrogens with one attached hydrogen (secondary N) is 2. The molecule has 27 heavy (non-hydrogen) atoms. The zero-order valence-corrected chi connectivity index (χ0v) is 17.2. The van der Waals surface area contributed by atoms with E-state index in [-0.39, 0.29) is 16.8 Å². The number of ether oxygens (including phenoxy) is 1. The highest BCUT2D eigenvalue weighted by Gasteiger charge is 2.15. The van der Waals surface area contributed by atoms with Crippen LogP contribution in [0, 0.1) is 0 Å². The number of rotatable bonds is 9. The lowest BCUT2D eigenvalue weighted by Crippen LogP contribution is -2.30. The predicted octanol–water partition coefficient (Wildman–Crippen LogP) is 3.50. The van der Waals surface area contributed by atoms with Gasteiger partial charge >= 0.3 is 0 Å². The summed E-state index contributed by atoms with van der Waals surface area (Å²) in [6.07, 6.45) is 0.353. The van der Waals surface area contributed by atoms with Gasteiger partial charge in [-0.2, -0.15) is 0 Å². The van der Waals surface area contributed by atoms with Gasteiger partial charge in [-0.25, -0.2) is 13.1 Å². The maximum Gasteiger partial charge on any atom is 0.240 e. The standard InChI is InChI=1S/C19H24N2O4S2/c1-14(2)21-27(23,24)18-10-4-15(5-11-18)20-19(22)12-13-26-17-8-6-16(25-3)7-9-17/h4-11,14,21H,12-13H2,1-3H3,(H,20,22). The molecule has 0 aliphatic heterocycles. The molecule has 0 aliphatic rings. The summed E-state index contributed by atoms with van der Waals surface area (Å²) < 4.78 is 31.8. The second kappa shape index (κ2) is 9.77. The predicted molar refractivity (Wildman–Crippen MR) is 109 cm³/mol. The molecule has 0 aliphatic carbocycles. The number of thioether (sulfide) groups is 1. The fraction of sp³-hybridized carbons (Fsp3) is 0.316. The van der Waals surface area contributed by atoms with Gasteiger partial charge in [0.05, 0.1) is 12.0 Å².